The molecule has 3 rings (SSSR count). The summed E-state index contributed by atoms with van der Waals surface area (Å²) in [4.78, 5) is 128. The van der Waals surface area contributed by atoms with Gasteiger partial charge >= 0.3 is 0 Å². The first kappa shape index (κ1) is 66.0. The van der Waals surface area contributed by atoms with Crippen LogP contribution in [0.5, 0.6) is 5.75 Å². The van der Waals surface area contributed by atoms with Gasteiger partial charge in [0.15, 0.2) is 5.78 Å². The van der Waals surface area contributed by atoms with Crippen molar-refractivity contribution in [2.24, 2.45) is 40.7 Å². The smallest absolute Gasteiger partial charge is 0.243 e. The number of aliphatic hydroxyl groups excluding tert-OH is 1. The van der Waals surface area contributed by atoms with Crippen LogP contribution >= 0.6 is 0 Å². The van der Waals surface area contributed by atoms with Gasteiger partial charge in [0.1, 0.15) is 41.7 Å². The summed E-state index contributed by atoms with van der Waals surface area (Å²) in [5, 5.41) is 39.8. The summed E-state index contributed by atoms with van der Waals surface area (Å²) in [6.07, 6.45) is 2.99. The summed E-state index contributed by atoms with van der Waals surface area (Å²) >= 11 is 0. The highest BCUT2D eigenvalue weighted by Gasteiger charge is 2.36. The third kappa shape index (κ3) is 24.1. The van der Waals surface area contributed by atoms with Gasteiger partial charge in [0.25, 0.3) is 0 Å². The first-order chi connectivity index (χ1) is 37.3. The van der Waals surface area contributed by atoms with Crippen LogP contribution < -0.4 is 60.2 Å². The molecule has 1 aliphatic heterocycles. The fourth-order valence-corrected chi connectivity index (χ4v) is 9.30. The van der Waals surface area contributed by atoms with Crippen molar-refractivity contribution in [3.05, 3.63) is 65.7 Å². The number of nitrogens with two attached hydrogens (primary N) is 4. The van der Waals surface area contributed by atoms with E-state index in [0.29, 0.717) is 17.5 Å². The zero-order valence-electron chi connectivity index (χ0n) is 45.9. The number of aliphatic hydroxyl groups is 1. The quantitative estimate of drug-likeness (QED) is 0.0564. The molecule has 2 aromatic carbocycles. The van der Waals surface area contributed by atoms with Crippen LogP contribution in [0.4, 0.5) is 0 Å². The van der Waals surface area contributed by atoms with Crippen molar-refractivity contribution in [3.8, 4) is 5.75 Å². The molecule has 0 saturated carbocycles. The lowest BCUT2D eigenvalue weighted by Crippen LogP contribution is -2.60. The van der Waals surface area contributed by atoms with Gasteiger partial charge in [0, 0.05) is 50.5 Å². The van der Waals surface area contributed by atoms with Crippen molar-refractivity contribution in [2.45, 2.75) is 172 Å². The lowest BCUT2D eigenvalue weighted by Gasteiger charge is -2.28. The number of nitrogens with one attached hydrogen (secondary N) is 7. The van der Waals surface area contributed by atoms with Crippen molar-refractivity contribution in [3.63, 3.8) is 0 Å². The van der Waals surface area contributed by atoms with Crippen molar-refractivity contribution in [1.29, 1.82) is 0 Å². The third-order valence-corrected chi connectivity index (χ3v) is 13.7. The molecular formula is C56H89N11O11. The zero-order chi connectivity index (χ0) is 57.6. The summed E-state index contributed by atoms with van der Waals surface area (Å²) < 4.78 is 0. The fourth-order valence-electron chi connectivity index (χ4n) is 9.30. The number of Topliss-reactive ketones (excluding diaryl/α,β-unsaturated/α-hetero) is 2. The second kappa shape index (κ2) is 36.0. The summed E-state index contributed by atoms with van der Waals surface area (Å²) in [7, 11) is 0. The largest absolute Gasteiger partial charge is 0.508 e. The monoisotopic (exact) mass is 1090 g/mol. The molecule has 17 N–H and O–H groups in total. The Kier molecular flexibility index (Phi) is 30.4. The van der Waals surface area contributed by atoms with Crippen LogP contribution in [-0.2, 0) is 56.0 Å². The molecule has 0 spiro atoms. The van der Waals surface area contributed by atoms with Gasteiger partial charge in [0.05, 0.1) is 12.1 Å². The Bertz CT molecular complexity index is 2220. The summed E-state index contributed by atoms with van der Waals surface area (Å²) in [5.41, 5.74) is 25.0. The molecule has 1 fully saturated rings. The first-order valence-electron chi connectivity index (χ1n) is 27.8. The topological polar surface area (TPSA) is 382 Å². The predicted octanol–water partition coefficient (Wildman–Crippen LogP) is 0.310. The molecule has 22 heteroatoms. The number of ketones is 2. The lowest BCUT2D eigenvalue weighted by atomic mass is 9.91. The number of rotatable bonds is 26. The van der Waals surface area contributed by atoms with Crippen molar-refractivity contribution >= 4 is 52.9 Å². The Hall–Kier alpha value is -6.33. The number of amides is 7. The maximum atomic E-state index is 14.6. The molecule has 434 valence electrons. The Morgan fingerprint density at radius 1 is 0.615 bits per heavy atom. The van der Waals surface area contributed by atoms with Gasteiger partial charge in [-0.1, -0.05) is 95.3 Å². The van der Waals surface area contributed by atoms with Crippen LogP contribution in [0, 0.1) is 17.8 Å². The normalized spacial score (nSPS) is 22.5. The predicted molar refractivity (Wildman–Crippen MR) is 296 cm³/mol. The molecule has 0 aliphatic carbocycles. The molecule has 1 aliphatic rings. The number of hydrogen-bond acceptors (Lipinski definition) is 15. The van der Waals surface area contributed by atoms with Crippen molar-refractivity contribution in [1.82, 2.24) is 37.2 Å². The van der Waals surface area contributed by atoms with E-state index in [2.05, 4.69) is 44.1 Å². The highest BCUT2D eigenvalue weighted by Crippen LogP contribution is 2.19. The lowest BCUT2D eigenvalue weighted by molar-refractivity contribution is -0.136. The van der Waals surface area contributed by atoms with E-state index in [9.17, 15) is 53.4 Å². The van der Waals surface area contributed by atoms with Gasteiger partial charge in [-0.2, -0.15) is 0 Å². The maximum absolute atomic E-state index is 14.6. The van der Waals surface area contributed by atoms with Crippen LogP contribution in [0.3, 0.4) is 0 Å². The molecule has 0 radical (unpaired) electrons. The molecule has 1 saturated heterocycles. The van der Waals surface area contributed by atoms with Gasteiger partial charge in [0.2, 0.25) is 41.4 Å². The van der Waals surface area contributed by atoms with Crippen LogP contribution in [-0.4, -0.2) is 138 Å². The Morgan fingerprint density at radius 2 is 1.14 bits per heavy atom. The van der Waals surface area contributed by atoms with Gasteiger partial charge in [-0.25, -0.2) is 0 Å². The molecule has 0 unspecified atom stereocenters. The molecule has 78 heavy (non-hydrogen) atoms. The molecule has 1 heterocycles. The molecular weight excluding hydrogens is 1000 g/mol. The average molecular weight is 1090 g/mol. The number of hydrogen-bond donors (Lipinski definition) is 13. The Balaban J connectivity index is 2.13. The van der Waals surface area contributed by atoms with Crippen LogP contribution in [0.15, 0.2) is 54.6 Å². The molecule has 22 nitrogen and oxygen atoms in total. The standard InChI is InChI=1S/C56H89N11O11/c1-4-5-6-7-11-14-41(69)34-42(70)32-38(19-24-57)50(72)62-43-23-28-61-52(74)47(31-37-15-17-40(68)18-16-37)67-54(76)45(22-27-60)63-53(75)44(21-26-59)64-55(77)46(29-35(2)3)66-56(78)48(30-36-12-9-8-10-13-36)65-51(73)39(20-25-58)33-49(43)71/h8-10,12-13,15-18,35,38-39,41,43-48,68-69H,4-7,11,14,19-34,57-60H2,1-3H3,(H,61,74)(H,62,72)(H,63,75)(H,64,77)(H,65,73)(H,66,78)(H,67,76)/t38-,39+,41+,43-,44-,45-,46-,47-,48+/m0/s1. The van der Waals surface area contributed by atoms with Gasteiger partial charge in [-0.3, -0.25) is 43.2 Å². The van der Waals surface area contributed by atoms with E-state index in [1.165, 1.54) is 12.1 Å². The second-order valence-electron chi connectivity index (χ2n) is 20.8. The SMILES string of the molecule is CCCCCCC[C@@H](O)CC(=O)C[C@H](CCN)C(=O)N[C@H]1CCNC(=O)[C@H](Cc2ccc(O)cc2)NC(=O)[C@H](CCN)NC(=O)[C@H](CCN)NC(=O)[C@H](CC(C)C)NC(=O)[C@@H](Cc2ccccc2)NC(=O)[C@H](CCN)CC1=O. The summed E-state index contributed by atoms with van der Waals surface area (Å²) in [5.74, 6) is -8.60. The number of benzene rings is 2. The third-order valence-electron chi connectivity index (χ3n) is 13.7. The van der Waals surface area contributed by atoms with E-state index in [1.807, 2.05) is 13.8 Å². The number of phenolic OH excluding ortho intramolecular Hbond substituents is 1. The fraction of sp³-hybridized carbons (Fsp3) is 0.625. The van der Waals surface area contributed by atoms with E-state index in [0.717, 1.165) is 32.1 Å². The molecule has 2 aromatic rings. The van der Waals surface area contributed by atoms with E-state index in [4.69, 9.17) is 22.9 Å². The number of unbranched alkanes of at least 4 members (excludes halogenated alkanes) is 4. The first-order valence-corrected chi connectivity index (χ1v) is 27.8. The summed E-state index contributed by atoms with van der Waals surface area (Å²) in [6, 6.07) is 6.84. The van der Waals surface area contributed by atoms with Gasteiger partial charge in [-0.15, -0.1) is 0 Å². The maximum Gasteiger partial charge on any atom is 0.243 e. The van der Waals surface area contributed by atoms with E-state index >= 15 is 0 Å². The molecule has 0 bridgehead atoms. The van der Waals surface area contributed by atoms with Gasteiger partial charge < -0.3 is 70.4 Å². The minimum atomic E-state index is -1.37. The van der Waals surface area contributed by atoms with Crippen LogP contribution in [0.1, 0.15) is 128 Å². The molecule has 7 amide bonds. The van der Waals surface area contributed by atoms with Crippen LogP contribution in [0.25, 0.3) is 0 Å². The van der Waals surface area contributed by atoms with E-state index in [-0.39, 0.29) is 114 Å². The number of carbonyl (C=O) groups excluding carboxylic acids is 9. The zero-order valence-corrected chi connectivity index (χ0v) is 45.9. The number of aromatic hydroxyl groups is 1. The van der Waals surface area contributed by atoms with E-state index < -0.39 is 108 Å². The van der Waals surface area contributed by atoms with E-state index in [1.54, 1.807) is 42.5 Å². The minimum Gasteiger partial charge on any atom is -0.508 e. The Labute approximate surface area is 459 Å². The average Bonchev–Trinajstić information content (AvgIpc) is 3.40. The van der Waals surface area contributed by atoms with Gasteiger partial charge in [-0.05, 0) is 100 Å². The summed E-state index contributed by atoms with van der Waals surface area (Å²) in [6.45, 7) is 5.28. The Morgan fingerprint density at radius 3 is 1.72 bits per heavy atom. The number of phenols is 1. The highest BCUT2D eigenvalue weighted by molar-refractivity contribution is 5.98. The molecule has 9 atom stereocenters. The minimum absolute atomic E-state index is 0.0115. The molecule has 0 aromatic heterocycles. The number of carbonyl (C=O) groups is 9. The van der Waals surface area contributed by atoms with Crippen molar-refractivity contribution in [2.75, 3.05) is 32.7 Å². The second-order valence-corrected chi connectivity index (χ2v) is 20.8. The highest BCUT2D eigenvalue weighted by atomic mass is 16.3. The van der Waals surface area contributed by atoms with Crippen molar-refractivity contribution < 1.29 is 53.4 Å². The van der Waals surface area contributed by atoms with Crippen LogP contribution in [0.2, 0.25) is 0 Å².